The average molecular weight is 460 g/mol. The van der Waals surface area contributed by atoms with Crippen LogP contribution < -0.4 is 9.64 Å². The van der Waals surface area contributed by atoms with Crippen LogP contribution in [0.15, 0.2) is 36.7 Å². The zero-order valence-corrected chi connectivity index (χ0v) is 19.8. The van der Waals surface area contributed by atoms with Crippen molar-refractivity contribution in [3.8, 4) is 5.75 Å². The molecule has 2 aliphatic heterocycles. The third-order valence-electron chi connectivity index (χ3n) is 6.01. The predicted molar refractivity (Wildman–Crippen MR) is 122 cm³/mol. The molecule has 164 valence electrons. The van der Waals surface area contributed by atoms with Gasteiger partial charge in [0.2, 0.25) is 0 Å². The van der Waals surface area contributed by atoms with E-state index in [0.717, 1.165) is 42.0 Å². The number of fused-ring (bicyclic) bond motifs is 5. The van der Waals surface area contributed by atoms with Crippen molar-refractivity contribution in [2.45, 2.75) is 31.8 Å². The largest absolute Gasteiger partial charge is 0.493 e. The lowest BCUT2D eigenvalue weighted by Gasteiger charge is -2.28. The molecule has 0 spiro atoms. The van der Waals surface area contributed by atoms with E-state index >= 15 is 0 Å². The third-order valence-corrected chi connectivity index (χ3v) is 8.51. The topological polar surface area (TPSA) is 63.0 Å². The first-order valence-corrected chi connectivity index (χ1v) is 14.3. The first-order chi connectivity index (χ1) is 14.9. The number of nitrogens with zero attached hydrogens (tertiary/aromatic N) is 5. The first kappa shape index (κ1) is 20.6. The minimum atomic E-state index is -2.15. The lowest BCUT2D eigenvalue weighted by molar-refractivity contribution is 0.286. The summed E-state index contributed by atoms with van der Waals surface area (Å²) in [5.74, 6) is 1.29. The van der Waals surface area contributed by atoms with Crippen LogP contribution in [0.1, 0.15) is 36.4 Å². The summed E-state index contributed by atoms with van der Waals surface area (Å²) in [4.78, 5) is 7.16. The predicted octanol–water partition coefficient (Wildman–Crippen LogP) is 2.17. The van der Waals surface area contributed by atoms with Crippen LogP contribution >= 0.6 is 0 Å². The van der Waals surface area contributed by atoms with Crippen molar-refractivity contribution in [1.82, 2.24) is 18.9 Å². The van der Waals surface area contributed by atoms with Crippen LogP contribution in [-0.4, -0.2) is 58.0 Å². The van der Waals surface area contributed by atoms with Crippen LogP contribution in [0, 0.1) is 5.82 Å². The van der Waals surface area contributed by atoms with Crippen molar-refractivity contribution < 1.29 is 13.3 Å². The van der Waals surface area contributed by atoms with Gasteiger partial charge in [0.25, 0.3) is 0 Å². The Hall–Kier alpha value is -2.30. The second-order valence-corrected chi connectivity index (χ2v) is 13.9. The normalized spacial score (nSPS) is 21.9. The Morgan fingerprint density at radius 1 is 1.26 bits per heavy atom. The summed E-state index contributed by atoms with van der Waals surface area (Å²) in [5.41, 5.74) is 2.58. The molecule has 3 aromatic rings. The van der Waals surface area contributed by atoms with E-state index < -0.39 is 9.12 Å². The highest BCUT2D eigenvalue weighted by atomic mass is 32.3. The van der Waals surface area contributed by atoms with Crippen molar-refractivity contribution >= 4 is 29.5 Å². The van der Waals surface area contributed by atoms with E-state index in [1.165, 1.54) is 15.0 Å². The Balaban J connectivity index is 1.64. The first-order valence-electron chi connectivity index (χ1n) is 10.5. The van der Waals surface area contributed by atoms with Gasteiger partial charge in [0.05, 0.1) is 27.8 Å². The molecule has 31 heavy (non-hydrogen) atoms. The van der Waals surface area contributed by atoms with Gasteiger partial charge in [-0.3, -0.25) is 4.21 Å². The highest BCUT2D eigenvalue weighted by Crippen LogP contribution is 2.40. The van der Waals surface area contributed by atoms with Crippen molar-refractivity contribution in [3.63, 3.8) is 0 Å². The van der Waals surface area contributed by atoms with E-state index in [0.29, 0.717) is 31.9 Å². The summed E-state index contributed by atoms with van der Waals surface area (Å²) in [7, 11) is -0.625. The summed E-state index contributed by atoms with van der Waals surface area (Å²) in [6.07, 6.45) is 8.12. The maximum atomic E-state index is 14.2. The molecule has 2 aliphatic rings. The highest BCUT2D eigenvalue weighted by Gasteiger charge is 2.30. The lowest BCUT2D eigenvalue weighted by Crippen LogP contribution is -2.31. The molecule has 0 aliphatic carbocycles. The Bertz CT molecular complexity index is 1230. The maximum Gasteiger partial charge on any atom is 0.161 e. The molecule has 0 amide bonds. The number of hydrogen-bond acceptors (Lipinski definition) is 5. The van der Waals surface area contributed by atoms with Gasteiger partial charge in [0, 0.05) is 43.2 Å². The SMILES string of the molecule is CS(=O)(=[SiH2])N1CCCOc2ccc(F)cc2[C@H]2CCCN2c2ccn3ncc(c3n2)C1. The summed E-state index contributed by atoms with van der Waals surface area (Å²) in [6, 6.07) is 6.72. The van der Waals surface area contributed by atoms with E-state index in [2.05, 4.69) is 10.00 Å². The van der Waals surface area contributed by atoms with Gasteiger partial charge >= 0.3 is 0 Å². The molecular weight excluding hydrogens is 433 g/mol. The van der Waals surface area contributed by atoms with Gasteiger partial charge < -0.3 is 9.64 Å². The van der Waals surface area contributed by atoms with Crippen molar-refractivity contribution in [2.24, 2.45) is 0 Å². The molecule has 5 rings (SSSR count). The van der Waals surface area contributed by atoms with Gasteiger partial charge in [-0.2, -0.15) is 5.10 Å². The molecule has 2 aromatic heterocycles. The van der Waals surface area contributed by atoms with E-state index in [9.17, 15) is 8.60 Å². The number of hydrogen-bond donors (Lipinski definition) is 0. The molecule has 0 radical (unpaired) electrons. The minimum Gasteiger partial charge on any atom is -0.493 e. The fourth-order valence-corrected chi connectivity index (χ4v) is 6.06. The molecule has 0 N–H and O–H groups in total. The van der Waals surface area contributed by atoms with Crippen LogP contribution in [-0.2, 0) is 15.7 Å². The lowest BCUT2D eigenvalue weighted by atomic mass is 10.0. The summed E-state index contributed by atoms with van der Waals surface area (Å²) in [5, 5.41) is 4.45. The van der Waals surface area contributed by atoms with Crippen LogP contribution in [0.5, 0.6) is 5.75 Å². The standard InChI is InChI=1S/C21H26FN5O2SSi/c1-30(28,31)25-8-3-11-29-19-6-5-16(22)12-17(19)18-4-2-9-26(18)20-7-10-27-21(24-20)15(14-25)13-23-27/h5-7,10,12-13,18H,2-4,8-9,11,14,31H2,1H3/t18-,30?/m1/s1. The van der Waals surface area contributed by atoms with E-state index in [-0.39, 0.29) is 11.9 Å². The van der Waals surface area contributed by atoms with E-state index in [1.807, 2.05) is 22.8 Å². The molecule has 1 aromatic carbocycles. The molecule has 10 heteroatoms. The molecule has 2 bridgehead atoms. The quantitative estimate of drug-likeness (QED) is 0.522. The van der Waals surface area contributed by atoms with Crippen molar-refractivity contribution in [3.05, 3.63) is 53.6 Å². The maximum absolute atomic E-state index is 14.2. The second-order valence-electron chi connectivity index (χ2n) is 8.28. The third kappa shape index (κ3) is 3.99. The number of halogens is 1. The van der Waals surface area contributed by atoms with E-state index in [1.54, 1.807) is 22.9 Å². The fourth-order valence-electron chi connectivity index (χ4n) is 4.48. The number of benzene rings is 1. The Morgan fingerprint density at radius 3 is 2.97 bits per heavy atom. The average Bonchev–Trinajstić information content (AvgIpc) is 3.36. The van der Waals surface area contributed by atoms with Crippen LogP contribution in [0.3, 0.4) is 0 Å². The van der Waals surface area contributed by atoms with Crippen molar-refractivity contribution in [2.75, 3.05) is 30.9 Å². The summed E-state index contributed by atoms with van der Waals surface area (Å²) in [6.45, 7) is 2.47. The zero-order valence-electron chi connectivity index (χ0n) is 17.5. The highest BCUT2D eigenvalue weighted by molar-refractivity contribution is 8.02. The van der Waals surface area contributed by atoms with Gasteiger partial charge in [0.15, 0.2) is 5.65 Å². The number of ether oxygens (including phenoxy) is 1. The van der Waals surface area contributed by atoms with Crippen LogP contribution in [0.2, 0.25) is 0 Å². The van der Waals surface area contributed by atoms with Gasteiger partial charge in [-0.1, -0.05) is 0 Å². The fraction of sp³-hybridized carbons (Fsp3) is 0.429. The van der Waals surface area contributed by atoms with E-state index in [4.69, 9.17) is 9.72 Å². The number of rotatable bonds is 1. The number of anilines is 1. The van der Waals surface area contributed by atoms with Gasteiger partial charge in [-0.15, -0.1) is 0 Å². The minimum absolute atomic E-state index is 0.0117. The van der Waals surface area contributed by atoms with Gasteiger partial charge in [0.1, 0.15) is 17.4 Å². The Labute approximate surface area is 183 Å². The van der Waals surface area contributed by atoms with Crippen LogP contribution in [0.4, 0.5) is 10.2 Å². The molecule has 4 heterocycles. The molecule has 7 nitrogen and oxygen atoms in total. The molecule has 2 atom stereocenters. The van der Waals surface area contributed by atoms with Crippen molar-refractivity contribution in [1.29, 1.82) is 0 Å². The molecule has 1 unspecified atom stereocenters. The summed E-state index contributed by atoms with van der Waals surface area (Å²) < 4.78 is 37.0. The monoisotopic (exact) mass is 459 g/mol. The Morgan fingerprint density at radius 2 is 2.13 bits per heavy atom. The van der Waals surface area contributed by atoms with Gasteiger partial charge in [-0.25, -0.2) is 18.2 Å². The molecular formula is C21H26FN5O2SSi. The smallest absolute Gasteiger partial charge is 0.161 e. The molecule has 1 fully saturated rings. The van der Waals surface area contributed by atoms with Crippen LogP contribution in [0.25, 0.3) is 5.65 Å². The summed E-state index contributed by atoms with van der Waals surface area (Å²) >= 11 is 0. The van der Waals surface area contributed by atoms with Gasteiger partial charge in [-0.05, 0) is 52.6 Å². The molecule has 1 saturated heterocycles. The number of aromatic nitrogens is 3. The molecule has 0 saturated carbocycles. The second kappa shape index (κ2) is 7.99. The Kier molecular flexibility index (Phi) is 5.31. The zero-order chi connectivity index (χ0) is 21.6.